The Kier molecular flexibility index (Phi) is 3.28. The average Bonchev–Trinajstić information content (AvgIpc) is 2.87. The minimum atomic E-state index is -1.03. The first kappa shape index (κ1) is 12.6. The highest BCUT2D eigenvalue weighted by atomic mass is 32.2. The van der Waals surface area contributed by atoms with E-state index in [1.807, 2.05) is 6.20 Å². The van der Waals surface area contributed by atoms with Gasteiger partial charge < -0.3 is 5.11 Å². The predicted molar refractivity (Wildman–Crippen MR) is 72.2 cm³/mol. The molecule has 0 saturated carbocycles. The summed E-state index contributed by atoms with van der Waals surface area (Å²) in [6, 6.07) is 0. The van der Waals surface area contributed by atoms with Crippen LogP contribution < -0.4 is 0 Å². The molecule has 3 rings (SSSR count). The molecule has 6 nitrogen and oxygen atoms in total. The molecule has 0 aliphatic carbocycles. The van der Waals surface area contributed by atoms with Crippen molar-refractivity contribution in [2.24, 2.45) is 0 Å². The van der Waals surface area contributed by atoms with Crippen LogP contribution >= 0.6 is 23.5 Å². The second kappa shape index (κ2) is 4.93. The van der Waals surface area contributed by atoms with Crippen LogP contribution in [-0.4, -0.2) is 42.0 Å². The Labute approximate surface area is 117 Å². The third-order valence-corrected chi connectivity index (χ3v) is 5.74. The molecule has 2 N–H and O–H groups in total. The van der Waals surface area contributed by atoms with Gasteiger partial charge in [-0.1, -0.05) is 0 Å². The van der Waals surface area contributed by atoms with Gasteiger partial charge in [0.05, 0.1) is 22.6 Å². The standard InChI is InChI=1S/C11H11N3O3S2/c15-8-2-9-14(8)7(11(16)17)1-10(19-9)18-5-6-3-12-13-4-6/h1,3-4,9-10H,2,5H2,(H,12,13)(H,16,17)/t9-,10?/m1/s1. The van der Waals surface area contributed by atoms with Crippen LogP contribution in [0.2, 0.25) is 0 Å². The number of rotatable bonds is 4. The number of carbonyl (C=O) groups excluding carboxylic acids is 1. The molecule has 0 spiro atoms. The molecule has 2 aliphatic rings. The van der Waals surface area contributed by atoms with Gasteiger partial charge in [0.25, 0.3) is 0 Å². The third kappa shape index (κ3) is 2.37. The van der Waals surface area contributed by atoms with Crippen LogP contribution in [0.1, 0.15) is 12.0 Å². The van der Waals surface area contributed by atoms with Crippen molar-refractivity contribution in [3.63, 3.8) is 0 Å². The summed E-state index contributed by atoms with van der Waals surface area (Å²) in [6.07, 6.45) is 5.66. The van der Waals surface area contributed by atoms with Crippen LogP contribution in [0.4, 0.5) is 0 Å². The van der Waals surface area contributed by atoms with E-state index < -0.39 is 5.97 Å². The zero-order valence-corrected chi connectivity index (χ0v) is 11.4. The zero-order chi connectivity index (χ0) is 13.4. The van der Waals surface area contributed by atoms with Crippen LogP contribution in [0.25, 0.3) is 0 Å². The lowest BCUT2D eigenvalue weighted by molar-refractivity contribution is -0.146. The largest absolute Gasteiger partial charge is 0.477 e. The molecule has 0 bridgehead atoms. The number of fused-ring (bicyclic) bond motifs is 1. The smallest absolute Gasteiger partial charge is 0.352 e. The van der Waals surface area contributed by atoms with E-state index in [1.54, 1.807) is 35.8 Å². The first-order valence-corrected chi connectivity index (χ1v) is 7.66. The highest BCUT2D eigenvalue weighted by molar-refractivity contribution is 8.17. The van der Waals surface area contributed by atoms with Crippen LogP contribution in [0.5, 0.6) is 0 Å². The van der Waals surface area contributed by atoms with E-state index in [0.717, 1.165) is 11.3 Å². The number of aromatic amines is 1. The number of hydrogen-bond acceptors (Lipinski definition) is 5. The Morgan fingerprint density at radius 1 is 1.68 bits per heavy atom. The van der Waals surface area contributed by atoms with E-state index in [4.69, 9.17) is 5.11 Å². The van der Waals surface area contributed by atoms with Gasteiger partial charge in [-0.3, -0.25) is 14.8 Å². The molecule has 0 aromatic carbocycles. The molecule has 3 heterocycles. The fourth-order valence-corrected chi connectivity index (χ4v) is 4.74. The van der Waals surface area contributed by atoms with Crippen molar-refractivity contribution in [2.45, 2.75) is 22.1 Å². The molecule has 1 fully saturated rings. The summed E-state index contributed by atoms with van der Waals surface area (Å²) in [5.74, 6) is -0.380. The maximum atomic E-state index is 11.4. The number of aliphatic carboxylic acids is 1. The van der Waals surface area contributed by atoms with Crippen molar-refractivity contribution >= 4 is 35.4 Å². The van der Waals surface area contributed by atoms with Crippen molar-refractivity contribution in [2.75, 3.05) is 0 Å². The van der Waals surface area contributed by atoms with Crippen LogP contribution in [0.3, 0.4) is 0 Å². The second-order valence-electron chi connectivity index (χ2n) is 4.20. The summed E-state index contributed by atoms with van der Waals surface area (Å²) in [4.78, 5) is 24.0. The Hall–Kier alpha value is -1.41. The van der Waals surface area contributed by atoms with Gasteiger partial charge in [0.15, 0.2) is 0 Å². The molecule has 100 valence electrons. The normalized spacial score (nSPS) is 25.6. The SMILES string of the molecule is O=C(O)C1=CC(SCc2cn[nH]c2)S[C@@H]2CC(=O)N12. The summed E-state index contributed by atoms with van der Waals surface area (Å²) in [5.41, 5.74) is 1.19. The van der Waals surface area contributed by atoms with Crippen molar-refractivity contribution in [3.8, 4) is 0 Å². The zero-order valence-electron chi connectivity index (χ0n) is 9.78. The predicted octanol–water partition coefficient (Wildman–Crippen LogP) is 1.24. The van der Waals surface area contributed by atoms with Crippen molar-refractivity contribution < 1.29 is 14.7 Å². The number of aromatic nitrogens is 2. The van der Waals surface area contributed by atoms with Gasteiger partial charge in [0.2, 0.25) is 5.91 Å². The molecule has 19 heavy (non-hydrogen) atoms. The number of carboxylic acid groups (broad SMARTS) is 1. The highest BCUT2D eigenvalue weighted by Crippen LogP contribution is 2.44. The van der Waals surface area contributed by atoms with E-state index in [9.17, 15) is 9.59 Å². The topological polar surface area (TPSA) is 86.3 Å². The van der Waals surface area contributed by atoms with Crippen LogP contribution in [-0.2, 0) is 15.3 Å². The maximum Gasteiger partial charge on any atom is 0.352 e. The van der Waals surface area contributed by atoms with Gasteiger partial charge in [-0.25, -0.2) is 4.79 Å². The fraction of sp³-hybridized carbons (Fsp3) is 0.364. The number of nitrogens with one attached hydrogen (secondary N) is 1. The van der Waals surface area contributed by atoms with Gasteiger partial charge in [0.1, 0.15) is 5.70 Å². The van der Waals surface area contributed by atoms with Crippen molar-refractivity contribution in [1.29, 1.82) is 0 Å². The number of H-pyrrole nitrogens is 1. The Morgan fingerprint density at radius 2 is 2.53 bits per heavy atom. The lowest BCUT2D eigenvalue weighted by Gasteiger charge is -2.44. The number of amides is 1. The molecule has 1 aromatic heterocycles. The lowest BCUT2D eigenvalue weighted by atomic mass is 10.1. The Morgan fingerprint density at radius 3 is 3.16 bits per heavy atom. The van der Waals surface area contributed by atoms with Crippen molar-refractivity contribution in [1.82, 2.24) is 15.1 Å². The molecule has 1 unspecified atom stereocenters. The molecular weight excluding hydrogens is 286 g/mol. The number of hydrogen-bond donors (Lipinski definition) is 2. The van der Waals surface area contributed by atoms with E-state index in [-0.39, 0.29) is 21.6 Å². The number of carbonyl (C=O) groups is 2. The van der Waals surface area contributed by atoms with Gasteiger partial charge in [-0.2, -0.15) is 5.10 Å². The Balaban J connectivity index is 1.71. The van der Waals surface area contributed by atoms with E-state index in [2.05, 4.69) is 10.2 Å². The molecule has 1 amide bonds. The first-order chi connectivity index (χ1) is 9.15. The summed E-state index contributed by atoms with van der Waals surface area (Å²) in [5, 5.41) is 15.7. The molecule has 2 atom stereocenters. The van der Waals surface area contributed by atoms with E-state index >= 15 is 0 Å². The highest BCUT2D eigenvalue weighted by Gasteiger charge is 2.45. The minimum absolute atomic E-state index is 0.0227. The third-order valence-electron chi connectivity index (χ3n) is 2.94. The minimum Gasteiger partial charge on any atom is -0.477 e. The Bertz CT molecular complexity index is 543. The molecular formula is C11H11N3O3S2. The summed E-state index contributed by atoms with van der Waals surface area (Å²) in [6.45, 7) is 0. The van der Waals surface area contributed by atoms with Gasteiger partial charge in [-0.05, 0) is 11.6 Å². The average molecular weight is 297 g/mol. The molecule has 8 heteroatoms. The number of carboxylic acids is 1. The van der Waals surface area contributed by atoms with Crippen LogP contribution in [0, 0.1) is 0 Å². The number of β-lactam (4-membered cyclic amide) rings is 1. The quantitative estimate of drug-likeness (QED) is 0.813. The molecule has 2 aliphatic heterocycles. The maximum absolute atomic E-state index is 11.4. The van der Waals surface area contributed by atoms with Gasteiger partial charge in [-0.15, -0.1) is 23.5 Å². The van der Waals surface area contributed by atoms with Crippen molar-refractivity contribution in [3.05, 3.63) is 29.7 Å². The van der Waals surface area contributed by atoms with E-state index in [1.165, 1.54) is 4.90 Å². The molecule has 1 aromatic rings. The monoisotopic (exact) mass is 297 g/mol. The number of thioether (sulfide) groups is 2. The van der Waals surface area contributed by atoms with E-state index in [0.29, 0.717) is 6.42 Å². The van der Waals surface area contributed by atoms with Crippen LogP contribution in [0.15, 0.2) is 24.2 Å². The molecule has 0 radical (unpaired) electrons. The lowest BCUT2D eigenvalue weighted by Crippen LogP contribution is -2.53. The number of nitrogens with zero attached hydrogens (tertiary/aromatic N) is 2. The second-order valence-corrected chi connectivity index (χ2v) is 6.95. The van der Waals surface area contributed by atoms with Gasteiger partial charge in [0, 0.05) is 11.9 Å². The summed E-state index contributed by atoms with van der Waals surface area (Å²) < 4.78 is 0.0512. The summed E-state index contributed by atoms with van der Waals surface area (Å²) in [7, 11) is 0. The van der Waals surface area contributed by atoms with Gasteiger partial charge >= 0.3 is 5.97 Å². The first-order valence-electron chi connectivity index (χ1n) is 5.67. The summed E-state index contributed by atoms with van der Waals surface area (Å²) >= 11 is 3.27. The molecule has 1 saturated heterocycles. The fourth-order valence-electron chi connectivity index (χ4n) is 1.99.